The maximum atomic E-state index is 14.7. The highest BCUT2D eigenvalue weighted by Gasteiger charge is 2.78. The Kier molecular flexibility index (Phi) is 2.53. The molecule has 5 heteroatoms. The second-order valence-corrected chi connectivity index (χ2v) is 5.85. The van der Waals surface area contributed by atoms with Gasteiger partial charge in [-0.1, -0.05) is 0 Å². The van der Waals surface area contributed by atoms with E-state index in [1.165, 1.54) is 32.4 Å². The maximum Gasteiger partial charge on any atom is 0.279 e. The van der Waals surface area contributed by atoms with Gasteiger partial charge in [-0.05, 0) is 37.5 Å². The third-order valence-corrected chi connectivity index (χ3v) is 4.68. The van der Waals surface area contributed by atoms with Gasteiger partial charge in [0.25, 0.3) is 5.92 Å². The Morgan fingerprint density at radius 1 is 1.15 bits per heavy atom. The van der Waals surface area contributed by atoms with Crippen molar-refractivity contribution in [2.75, 3.05) is 14.2 Å². The van der Waals surface area contributed by atoms with Crippen LogP contribution >= 0.6 is 0 Å². The fourth-order valence-electron chi connectivity index (χ4n) is 3.58. The minimum atomic E-state index is -2.94. The second kappa shape index (κ2) is 3.85. The molecule has 3 saturated carbocycles. The minimum Gasteiger partial charge on any atom is -0.493 e. The van der Waals surface area contributed by atoms with Crippen LogP contribution in [-0.4, -0.2) is 14.2 Å². The van der Waals surface area contributed by atoms with Crippen LogP contribution in [0.1, 0.15) is 24.8 Å². The van der Waals surface area contributed by atoms with Crippen molar-refractivity contribution in [2.24, 2.45) is 10.8 Å². The van der Waals surface area contributed by atoms with Gasteiger partial charge >= 0.3 is 0 Å². The highest BCUT2D eigenvalue weighted by molar-refractivity contribution is 5.46. The monoisotopic (exact) mass is 279 g/mol. The molecule has 0 spiro atoms. The van der Waals surface area contributed by atoms with E-state index in [0.717, 1.165) is 0 Å². The summed E-state index contributed by atoms with van der Waals surface area (Å²) in [6.45, 7) is 0. The number of alkyl halides is 2. The lowest BCUT2D eigenvalue weighted by Crippen LogP contribution is -2.67. The number of rotatable bonds is 4. The van der Waals surface area contributed by atoms with E-state index in [1.807, 2.05) is 0 Å². The average molecular weight is 279 g/mol. The summed E-state index contributed by atoms with van der Waals surface area (Å²) < 4.78 is 39.5. The number of hydrogen-bond donors (Lipinski definition) is 0. The van der Waals surface area contributed by atoms with Crippen molar-refractivity contribution in [3.8, 4) is 17.6 Å². The van der Waals surface area contributed by atoms with Gasteiger partial charge in [0.05, 0.1) is 25.7 Å². The summed E-state index contributed by atoms with van der Waals surface area (Å²) in [6, 6.07) is 6.36. The molecule has 0 atom stereocenters. The SMILES string of the molecule is COc1ccc(C(F)(F)C23CC(C#N)(C2)C3)cc1OC. The molecule has 1 aromatic carbocycles. The van der Waals surface area contributed by atoms with E-state index in [0.29, 0.717) is 11.5 Å². The molecule has 0 aliphatic heterocycles. The van der Waals surface area contributed by atoms with Crippen LogP contribution in [0.5, 0.6) is 11.5 Å². The Hall–Kier alpha value is -1.83. The van der Waals surface area contributed by atoms with E-state index in [2.05, 4.69) is 6.07 Å². The normalized spacial score (nSPS) is 30.8. The van der Waals surface area contributed by atoms with E-state index < -0.39 is 16.8 Å². The van der Waals surface area contributed by atoms with Gasteiger partial charge in [0.15, 0.2) is 11.5 Å². The van der Waals surface area contributed by atoms with Crippen molar-refractivity contribution in [2.45, 2.75) is 25.2 Å². The summed E-state index contributed by atoms with van der Waals surface area (Å²) in [5.74, 6) is -2.21. The molecular formula is C15H15F2NO2. The molecule has 0 aromatic heterocycles. The van der Waals surface area contributed by atoms with Crippen LogP contribution < -0.4 is 9.47 Å². The van der Waals surface area contributed by atoms with E-state index in [1.54, 1.807) is 0 Å². The molecule has 106 valence electrons. The molecule has 0 amide bonds. The predicted molar refractivity (Wildman–Crippen MR) is 67.8 cm³/mol. The summed E-state index contributed by atoms with van der Waals surface area (Å²) in [5, 5.41) is 8.95. The lowest BCUT2D eigenvalue weighted by Gasteiger charge is -2.69. The highest BCUT2D eigenvalue weighted by atomic mass is 19.3. The van der Waals surface area contributed by atoms with Crippen LogP contribution in [0.25, 0.3) is 0 Å². The van der Waals surface area contributed by atoms with E-state index in [-0.39, 0.29) is 24.8 Å². The molecule has 3 aliphatic carbocycles. The van der Waals surface area contributed by atoms with Crippen LogP contribution in [0.15, 0.2) is 18.2 Å². The Balaban J connectivity index is 1.92. The highest BCUT2D eigenvalue weighted by Crippen LogP contribution is 2.79. The second-order valence-electron chi connectivity index (χ2n) is 5.85. The smallest absolute Gasteiger partial charge is 0.279 e. The van der Waals surface area contributed by atoms with Crippen molar-refractivity contribution in [1.29, 1.82) is 5.26 Å². The van der Waals surface area contributed by atoms with Gasteiger partial charge in [0.2, 0.25) is 0 Å². The molecular weight excluding hydrogens is 264 g/mol. The van der Waals surface area contributed by atoms with Gasteiger partial charge in [-0.25, -0.2) is 8.78 Å². The number of hydrogen-bond acceptors (Lipinski definition) is 3. The summed E-state index contributed by atoms with van der Waals surface area (Å²) in [4.78, 5) is 0. The lowest BCUT2D eigenvalue weighted by molar-refractivity contribution is -0.300. The van der Waals surface area contributed by atoms with Crippen LogP contribution in [0, 0.1) is 22.2 Å². The summed E-state index contributed by atoms with van der Waals surface area (Å²) >= 11 is 0. The summed E-state index contributed by atoms with van der Waals surface area (Å²) in [5.41, 5.74) is -1.59. The van der Waals surface area contributed by atoms with Crippen LogP contribution in [0.3, 0.4) is 0 Å². The Bertz CT molecular complexity index is 587. The number of benzene rings is 1. The van der Waals surface area contributed by atoms with Crippen LogP contribution in [-0.2, 0) is 5.92 Å². The largest absolute Gasteiger partial charge is 0.493 e. The van der Waals surface area contributed by atoms with Gasteiger partial charge in [0.1, 0.15) is 0 Å². The zero-order chi connectivity index (χ0) is 14.6. The van der Waals surface area contributed by atoms with Gasteiger partial charge in [-0.15, -0.1) is 0 Å². The van der Waals surface area contributed by atoms with E-state index in [4.69, 9.17) is 14.7 Å². The first-order valence-electron chi connectivity index (χ1n) is 6.44. The van der Waals surface area contributed by atoms with Gasteiger partial charge in [-0.3, -0.25) is 0 Å². The van der Waals surface area contributed by atoms with E-state index >= 15 is 0 Å². The molecule has 20 heavy (non-hydrogen) atoms. The maximum absolute atomic E-state index is 14.7. The Morgan fingerprint density at radius 3 is 2.25 bits per heavy atom. The molecule has 4 rings (SSSR count). The van der Waals surface area contributed by atoms with Gasteiger partial charge in [-0.2, -0.15) is 5.26 Å². The molecule has 0 heterocycles. The zero-order valence-electron chi connectivity index (χ0n) is 11.4. The molecule has 0 saturated heterocycles. The van der Waals surface area contributed by atoms with Crippen LogP contribution in [0.2, 0.25) is 0 Å². The number of nitrogens with zero attached hydrogens (tertiary/aromatic N) is 1. The first-order chi connectivity index (χ1) is 9.42. The fourth-order valence-corrected chi connectivity index (χ4v) is 3.58. The fraction of sp³-hybridized carbons (Fsp3) is 0.533. The third kappa shape index (κ3) is 1.42. The van der Waals surface area contributed by atoms with Gasteiger partial charge < -0.3 is 9.47 Å². The number of methoxy groups -OCH3 is 2. The molecule has 0 N–H and O–H groups in total. The first kappa shape index (κ1) is 13.2. The number of nitriles is 1. The first-order valence-corrected chi connectivity index (χ1v) is 6.44. The predicted octanol–water partition coefficient (Wildman–Crippen LogP) is 3.49. The third-order valence-electron chi connectivity index (χ3n) is 4.68. The Labute approximate surface area is 116 Å². The van der Waals surface area contributed by atoms with Crippen molar-refractivity contribution in [3.05, 3.63) is 23.8 Å². The summed E-state index contributed by atoms with van der Waals surface area (Å²) in [6.07, 6.45) is 0.869. The van der Waals surface area contributed by atoms with Crippen molar-refractivity contribution < 1.29 is 18.3 Å². The number of ether oxygens (including phenoxy) is 2. The molecule has 3 fully saturated rings. The molecule has 1 aromatic rings. The quantitative estimate of drug-likeness (QED) is 0.847. The molecule has 0 unspecified atom stereocenters. The van der Waals surface area contributed by atoms with Crippen molar-refractivity contribution in [3.63, 3.8) is 0 Å². The van der Waals surface area contributed by atoms with Crippen molar-refractivity contribution in [1.82, 2.24) is 0 Å². The lowest BCUT2D eigenvalue weighted by atomic mass is 9.33. The number of halogens is 2. The van der Waals surface area contributed by atoms with Gasteiger partial charge in [0, 0.05) is 11.0 Å². The molecule has 2 bridgehead atoms. The van der Waals surface area contributed by atoms with Crippen LogP contribution in [0.4, 0.5) is 8.78 Å². The zero-order valence-corrected chi connectivity index (χ0v) is 11.4. The average Bonchev–Trinajstić information content (AvgIpc) is 2.35. The molecule has 0 radical (unpaired) electrons. The Morgan fingerprint density at radius 2 is 1.75 bits per heavy atom. The van der Waals surface area contributed by atoms with Crippen molar-refractivity contribution >= 4 is 0 Å². The molecule has 3 nitrogen and oxygen atoms in total. The topological polar surface area (TPSA) is 42.2 Å². The molecule has 3 aliphatic rings. The summed E-state index contributed by atoms with van der Waals surface area (Å²) in [7, 11) is 2.89. The van der Waals surface area contributed by atoms with E-state index in [9.17, 15) is 8.78 Å². The standard InChI is InChI=1S/C15H15F2NO2/c1-19-11-4-3-10(5-12(11)20-2)15(16,17)14-6-13(7-14,8-14)9-18/h3-5H,6-8H2,1-2H3. The minimum absolute atomic E-state index is 0.0682.